The van der Waals surface area contributed by atoms with Gasteiger partial charge in [-0.15, -0.1) is 0 Å². The summed E-state index contributed by atoms with van der Waals surface area (Å²) < 4.78 is 10.7. The zero-order chi connectivity index (χ0) is 14.5. The summed E-state index contributed by atoms with van der Waals surface area (Å²) in [5.41, 5.74) is 0.386. The number of carbonyl (C=O) groups excluding carboxylic acids is 1. The average molecular weight is 268 g/mol. The topological polar surface area (TPSA) is 35.5 Å². The van der Waals surface area contributed by atoms with Gasteiger partial charge in [-0.3, -0.25) is 0 Å². The van der Waals surface area contributed by atoms with Crippen LogP contribution in [0.25, 0.3) is 0 Å². The van der Waals surface area contributed by atoms with E-state index in [-0.39, 0.29) is 22.3 Å². The van der Waals surface area contributed by atoms with Crippen molar-refractivity contribution >= 4 is 6.16 Å². The summed E-state index contributed by atoms with van der Waals surface area (Å²) >= 11 is 0. The molecule has 2 rings (SSSR count). The van der Waals surface area contributed by atoms with E-state index in [0.717, 1.165) is 19.3 Å². The molecule has 1 aliphatic carbocycles. The van der Waals surface area contributed by atoms with E-state index < -0.39 is 6.16 Å². The molecule has 1 unspecified atom stereocenters. The van der Waals surface area contributed by atoms with Gasteiger partial charge in [0.2, 0.25) is 0 Å². The number of cyclic esters (lactones) is 1. The van der Waals surface area contributed by atoms with E-state index in [1.54, 1.807) is 0 Å². The lowest BCUT2D eigenvalue weighted by atomic mass is 9.47. The Morgan fingerprint density at radius 1 is 1.32 bits per heavy atom. The molecule has 3 nitrogen and oxygen atoms in total. The Labute approximate surface area is 117 Å². The molecule has 1 heterocycles. The van der Waals surface area contributed by atoms with Crippen molar-refractivity contribution in [1.29, 1.82) is 0 Å². The minimum atomic E-state index is -0.491. The second kappa shape index (κ2) is 4.39. The van der Waals surface area contributed by atoms with Crippen LogP contribution in [0.3, 0.4) is 0 Å². The number of fused-ring (bicyclic) bond motifs is 1. The van der Waals surface area contributed by atoms with Gasteiger partial charge in [-0.1, -0.05) is 48.0 Å². The highest BCUT2D eigenvalue weighted by molar-refractivity contribution is 5.61. The highest BCUT2D eigenvalue weighted by Gasteiger charge is 2.60. The van der Waals surface area contributed by atoms with Crippen LogP contribution in [-0.4, -0.2) is 18.9 Å². The maximum Gasteiger partial charge on any atom is 0.508 e. The minimum absolute atomic E-state index is 0.0117. The molecule has 0 N–H and O–H groups in total. The third kappa shape index (κ3) is 2.25. The van der Waals surface area contributed by atoms with Crippen molar-refractivity contribution in [3.05, 3.63) is 0 Å². The van der Waals surface area contributed by atoms with E-state index in [9.17, 15) is 4.79 Å². The van der Waals surface area contributed by atoms with Crippen LogP contribution in [0.2, 0.25) is 0 Å². The quantitative estimate of drug-likeness (QED) is 0.661. The highest BCUT2D eigenvalue weighted by atomic mass is 16.7. The van der Waals surface area contributed by atoms with E-state index in [1.807, 2.05) is 0 Å². The van der Waals surface area contributed by atoms with Gasteiger partial charge < -0.3 is 9.47 Å². The lowest BCUT2D eigenvalue weighted by molar-refractivity contribution is -0.203. The highest BCUT2D eigenvalue weighted by Crippen LogP contribution is 2.60. The molecule has 1 aliphatic heterocycles. The van der Waals surface area contributed by atoms with Crippen molar-refractivity contribution in [1.82, 2.24) is 0 Å². The lowest BCUT2D eigenvalue weighted by Crippen LogP contribution is -2.61. The van der Waals surface area contributed by atoms with Crippen molar-refractivity contribution in [2.24, 2.45) is 22.2 Å². The number of hydrogen-bond donors (Lipinski definition) is 0. The van der Waals surface area contributed by atoms with Crippen LogP contribution in [-0.2, 0) is 9.47 Å². The molecule has 110 valence electrons. The predicted molar refractivity (Wildman–Crippen MR) is 74.9 cm³/mol. The molecule has 19 heavy (non-hydrogen) atoms. The van der Waals surface area contributed by atoms with Gasteiger partial charge in [0.25, 0.3) is 0 Å². The molecule has 0 amide bonds. The molecule has 2 aliphatic rings. The smallest absolute Gasteiger partial charge is 0.434 e. The number of ether oxygens (including phenoxy) is 2. The first-order valence-corrected chi connectivity index (χ1v) is 7.47. The fraction of sp³-hybridized carbons (Fsp3) is 0.938. The predicted octanol–water partition coefficient (Wildman–Crippen LogP) is 4.40. The van der Waals surface area contributed by atoms with Crippen molar-refractivity contribution in [2.75, 3.05) is 6.61 Å². The molecule has 4 atom stereocenters. The standard InChI is InChI=1S/C16H28O3/c1-7-15(5)9-8-11-16(6,10-18-13(17)19-11)12(15)14(2,3)4/h11-12H,7-10H2,1-6H3/t11-,12?,15+,16-/m1/s1. The van der Waals surface area contributed by atoms with Crippen LogP contribution in [0.4, 0.5) is 4.79 Å². The molecular formula is C16H28O3. The Bertz CT molecular complexity index is 371. The van der Waals surface area contributed by atoms with E-state index in [2.05, 4.69) is 41.5 Å². The fourth-order valence-electron chi connectivity index (χ4n) is 5.07. The van der Waals surface area contributed by atoms with Crippen LogP contribution in [0, 0.1) is 22.2 Å². The first-order chi connectivity index (χ1) is 8.63. The molecule has 1 saturated carbocycles. The normalized spacial score (nSPS) is 43.2. The SMILES string of the molecule is CC[C@@]1(C)CC[C@H]2OC(=O)OC[C@@]2(C)C1C(C)(C)C. The van der Waals surface area contributed by atoms with Crippen molar-refractivity contribution in [3.8, 4) is 0 Å². The largest absolute Gasteiger partial charge is 0.508 e. The molecule has 2 fully saturated rings. The molecule has 1 saturated heterocycles. The number of carbonyl (C=O) groups is 1. The molecule has 0 aromatic carbocycles. The lowest BCUT2D eigenvalue weighted by Gasteiger charge is -2.60. The summed E-state index contributed by atoms with van der Waals surface area (Å²) in [5.74, 6) is 0.476. The monoisotopic (exact) mass is 268 g/mol. The van der Waals surface area contributed by atoms with E-state index in [1.165, 1.54) is 0 Å². The maximum absolute atomic E-state index is 11.4. The second-order valence-corrected chi connectivity index (χ2v) is 8.00. The molecule has 0 bridgehead atoms. The van der Waals surface area contributed by atoms with Crippen molar-refractivity contribution < 1.29 is 14.3 Å². The Morgan fingerprint density at radius 3 is 2.47 bits per heavy atom. The molecule has 3 heteroatoms. The fourth-order valence-corrected chi connectivity index (χ4v) is 5.07. The van der Waals surface area contributed by atoms with Crippen LogP contribution in [0.5, 0.6) is 0 Å². The van der Waals surface area contributed by atoms with Gasteiger partial charge in [0.05, 0.1) is 0 Å². The van der Waals surface area contributed by atoms with Crippen LogP contribution in [0.15, 0.2) is 0 Å². The summed E-state index contributed by atoms with van der Waals surface area (Å²) in [5, 5.41) is 0. The summed E-state index contributed by atoms with van der Waals surface area (Å²) in [6.45, 7) is 14.3. The van der Waals surface area contributed by atoms with Gasteiger partial charge in [-0.25, -0.2) is 4.79 Å². The van der Waals surface area contributed by atoms with E-state index in [4.69, 9.17) is 9.47 Å². The third-order valence-corrected chi connectivity index (χ3v) is 5.48. The van der Waals surface area contributed by atoms with Crippen molar-refractivity contribution in [3.63, 3.8) is 0 Å². The molecule has 0 spiro atoms. The first-order valence-electron chi connectivity index (χ1n) is 7.47. The minimum Gasteiger partial charge on any atom is -0.434 e. The number of hydrogen-bond acceptors (Lipinski definition) is 3. The Morgan fingerprint density at radius 2 is 1.95 bits per heavy atom. The average Bonchev–Trinajstić information content (AvgIpc) is 2.28. The van der Waals surface area contributed by atoms with Gasteiger partial charge in [-0.05, 0) is 29.6 Å². The van der Waals surface area contributed by atoms with Gasteiger partial charge >= 0.3 is 6.16 Å². The van der Waals surface area contributed by atoms with E-state index >= 15 is 0 Å². The Balaban J connectivity index is 2.43. The first kappa shape index (κ1) is 14.7. The molecule has 0 aromatic rings. The van der Waals surface area contributed by atoms with Crippen LogP contribution < -0.4 is 0 Å². The molecule has 0 aromatic heterocycles. The zero-order valence-electron chi connectivity index (χ0n) is 13.2. The van der Waals surface area contributed by atoms with Gasteiger partial charge in [0.15, 0.2) is 0 Å². The summed E-state index contributed by atoms with van der Waals surface area (Å²) in [4.78, 5) is 11.4. The maximum atomic E-state index is 11.4. The third-order valence-electron chi connectivity index (χ3n) is 5.48. The van der Waals surface area contributed by atoms with Crippen LogP contribution >= 0.6 is 0 Å². The Kier molecular flexibility index (Phi) is 3.39. The molecule has 0 radical (unpaired) electrons. The van der Waals surface area contributed by atoms with Crippen molar-refractivity contribution in [2.45, 2.75) is 66.9 Å². The van der Waals surface area contributed by atoms with E-state index in [0.29, 0.717) is 12.5 Å². The van der Waals surface area contributed by atoms with Gasteiger partial charge in [0, 0.05) is 5.41 Å². The molecular weight excluding hydrogens is 240 g/mol. The number of rotatable bonds is 1. The summed E-state index contributed by atoms with van der Waals surface area (Å²) in [6, 6.07) is 0. The van der Waals surface area contributed by atoms with Crippen LogP contribution in [0.1, 0.15) is 60.8 Å². The summed E-state index contributed by atoms with van der Waals surface area (Å²) in [7, 11) is 0. The zero-order valence-corrected chi connectivity index (χ0v) is 13.2. The Hall–Kier alpha value is -0.730. The summed E-state index contributed by atoms with van der Waals surface area (Å²) in [6.07, 6.45) is 2.76. The van der Waals surface area contributed by atoms with Gasteiger partial charge in [-0.2, -0.15) is 0 Å². The van der Waals surface area contributed by atoms with Gasteiger partial charge in [0.1, 0.15) is 12.7 Å². The second-order valence-electron chi connectivity index (χ2n) is 8.00.